The summed E-state index contributed by atoms with van der Waals surface area (Å²) in [7, 11) is 1.53. The predicted octanol–water partition coefficient (Wildman–Crippen LogP) is 1.30. The van der Waals surface area contributed by atoms with Crippen molar-refractivity contribution in [3.8, 4) is 5.75 Å². The number of methoxy groups -OCH3 is 1. The first-order valence-electron chi connectivity index (χ1n) is 6.58. The van der Waals surface area contributed by atoms with Gasteiger partial charge in [-0.25, -0.2) is 0 Å². The number of amides is 1. The third-order valence-electron chi connectivity index (χ3n) is 3.41. The first-order valence-corrected chi connectivity index (χ1v) is 7.37. The van der Waals surface area contributed by atoms with Gasteiger partial charge < -0.3 is 14.7 Å². The summed E-state index contributed by atoms with van der Waals surface area (Å²) in [6.45, 7) is 2.19. The van der Waals surface area contributed by atoms with Crippen LogP contribution in [-0.4, -0.2) is 66.6 Å². The van der Waals surface area contributed by atoms with Gasteiger partial charge in [-0.15, -0.1) is 0 Å². The Hall–Kier alpha value is -1.60. The summed E-state index contributed by atoms with van der Waals surface area (Å²) in [5.74, 6) is -0.402. The lowest BCUT2D eigenvalue weighted by molar-refractivity contribution is -0.138. The smallest absolute Gasteiger partial charge is 0.317 e. The molecule has 1 heterocycles. The molecule has 21 heavy (non-hydrogen) atoms. The third kappa shape index (κ3) is 3.95. The predicted molar refractivity (Wildman–Crippen MR) is 80.7 cm³/mol. The number of piperazine rings is 1. The SMILES string of the molecule is COc1cc(Br)ccc1C(=O)N1CCN(CC(=O)O)CC1. The number of aliphatic carboxylic acids is 1. The topological polar surface area (TPSA) is 70.1 Å². The van der Waals surface area contributed by atoms with E-state index in [-0.39, 0.29) is 12.5 Å². The molecule has 1 fully saturated rings. The van der Waals surface area contributed by atoms with Crippen LogP contribution < -0.4 is 4.74 Å². The molecule has 1 N–H and O–H groups in total. The van der Waals surface area contributed by atoms with Crippen LogP contribution in [0.25, 0.3) is 0 Å². The molecule has 0 aliphatic carbocycles. The van der Waals surface area contributed by atoms with E-state index in [1.165, 1.54) is 7.11 Å². The van der Waals surface area contributed by atoms with Crippen molar-refractivity contribution < 1.29 is 19.4 Å². The minimum Gasteiger partial charge on any atom is -0.496 e. The van der Waals surface area contributed by atoms with Crippen LogP contribution in [0.3, 0.4) is 0 Å². The highest BCUT2D eigenvalue weighted by atomic mass is 79.9. The zero-order valence-electron chi connectivity index (χ0n) is 11.7. The fourth-order valence-corrected chi connectivity index (χ4v) is 2.65. The fraction of sp³-hybridized carbons (Fsp3) is 0.429. The minimum absolute atomic E-state index is 0.0175. The van der Waals surface area contributed by atoms with Crippen LogP contribution in [0.15, 0.2) is 22.7 Å². The zero-order valence-corrected chi connectivity index (χ0v) is 13.3. The Kier molecular flexibility index (Phi) is 5.19. The number of carbonyl (C=O) groups excluding carboxylic acids is 1. The molecule has 6 nitrogen and oxygen atoms in total. The van der Waals surface area contributed by atoms with E-state index in [0.29, 0.717) is 37.5 Å². The van der Waals surface area contributed by atoms with E-state index < -0.39 is 5.97 Å². The van der Waals surface area contributed by atoms with Crippen LogP contribution in [0.5, 0.6) is 5.75 Å². The van der Waals surface area contributed by atoms with Gasteiger partial charge in [0.15, 0.2) is 0 Å². The first-order chi connectivity index (χ1) is 10.0. The molecule has 1 aromatic carbocycles. The molecule has 1 aromatic rings. The van der Waals surface area contributed by atoms with Crippen molar-refractivity contribution in [3.05, 3.63) is 28.2 Å². The van der Waals surface area contributed by atoms with Gasteiger partial charge >= 0.3 is 5.97 Å². The molecule has 2 rings (SSSR count). The van der Waals surface area contributed by atoms with E-state index in [0.717, 1.165) is 4.47 Å². The van der Waals surface area contributed by atoms with Crippen LogP contribution in [0, 0.1) is 0 Å². The van der Waals surface area contributed by atoms with E-state index in [1.807, 2.05) is 4.90 Å². The Morgan fingerprint density at radius 1 is 1.29 bits per heavy atom. The number of carbonyl (C=O) groups is 2. The summed E-state index contributed by atoms with van der Waals surface area (Å²) in [5, 5.41) is 8.77. The molecule has 1 amide bonds. The average molecular weight is 357 g/mol. The highest BCUT2D eigenvalue weighted by Crippen LogP contribution is 2.25. The number of carboxylic acid groups (broad SMARTS) is 1. The number of hydrogen-bond acceptors (Lipinski definition) is 4. The van der Waals surface area contributed by atoms with Gasteiger partial charge in [-0.05, 0) is 18.2 Å². The van der Waals surface area contributed by atoms with Gasteiger partial charge in [0.05, 0.1) is 19.2 Å². The van der Waals surface area contributed by atoms with Crippen LogP contribution in [0.2, 0.25) is 0 Å². The lowest BCUT2D eigenvalue weighted by atomic mass is 10.1. The molecular formula is C14H17BrN2O4. The highest BCUT2D eigenvalue weighted by molar-refractivity contribution is 9.10. The number of benzene rings is 1. The Labute approximate surface area is 131 Å². The summed E-state index contributed by atoms with van der Waals surface area (Å²) in [6, 6.07) is 5.29. The van der Waals surface area contributed by atoms with Gasteiger partial charge in [-0.3, -0.25) is 14.5 Å². The Balaban J connectivity index is 2.03. The van der Waals surface area contributed by atoms with E-state index in [1.54, 1.807) is 23.1 Å². The molecule has 0 bridgehead atoms. The molecule has 0 saturated carbocycles. The van der Waals surface area contributed by atoms with Crippen molar-refractivity contribution in [2.24, 2.45) is 0 Å². The first kappa shape index (κ1) is 15.8. The average Bonchev–Trinajstić information content (AvgIpc) is 2.46. The Bertz CT molecular complexity index is 542. The summed E-state index contributed by atoms with van der Waals surface area (Å²) in [4.78, 5) is 26.7. The van der Waals surface area contributed by atoms with Crippen molar-refractivity contribution >= 4 is 27.8 Å². The maximum absolute atomic E-state index is 12.5. The van der Waals surface area contributed by atoms with Gasteiger partial charge in [-0.2, -0.15) is 0 Å². The Morgan fingerprint density at radius 3 is 2.52 bits per heavy atom. The molecule has 0 spiro atoms. The van der Waals surface area contributed by atoms with Gasteiger partial charge in [0.25, 0.3) is 5.91 Å². The van der Waals surface area contributed by atoms with Gasteiger partial charge in [-0.1, -0.05) is 15.9 Å². The van der Waals surface area contributed by atoms with Crippen molar-refractivity contribution in [2.75, 3.05) is 39.8 Å². The number of carboxylic acids is 1. The van der Waals surface area contributed by atoms with Crippen LogP contribution in [-0.2, 0) is 4.79 Å². The molecule has 1 aliphatic rings. The number of nitrogens with zero attached hydrogens (tertiary/aromatic N) is 2. The lowest BCUT2D eigenvalue weighted by Crippen LogP contribution is -2.49. The van der Waals surface area contributed by atoms with Crippen LogP contribution in [0.1, 0.15) is 10.4 Å². The molecule has 1 aliphatic heterocycles. The van der Waals surface area contributed by atoms with Gasteiger partial charge in [0, 0.05) is 30.7 Å². The summed E-state index contributed by atoms with van der Waals surface area (Å²) in [5.41, 5.74) is 0.521. The molecule has 7 heteroatoms. The monoisotopic (exact) mass is 356 g/mol. The molecule has 0 radical (unpaired) electrons. The molecule has 0 unspecified atom stereocenters. The Morgan fingerprint density at radius 2 is 1.95 bits per heavy atom. The fourth-order valence-electron chi connectivity index (χ4n) is 2.31. The van der Waals surface area contributed by atoms with E-state index in [9.17, 15) is 9.59 Å². The summed E-state index contributed by atoms with van der Waals surface area (Å²) in [6.07, 6.45) is 0. The molecule has 1 saturated heterocycles. The molecule has 114 valence electrons. The second kappa shape index (κ2) is 6.91. The number of ether oxygens (including phenoxy) is 1. The van der Waals surface area contributed by atoms with Crippen molar-refractivity contribution in [1.29, 1.82) is 0 Å². The second-order valence-electron chi connectivity index (χ2n) is 4.81. The van der Waals surface area contributed by atoms with Crippen molar-refractivity contribution in [1.82, 2.24) is 9.80 Å². The number of halogens is 1. The van der Waals surface area contributed by atoms with E-state index in [4.69, 9.17) is 9.84 Å². The number of hydrogen-bond donors (Lipinski definition) is 1. The summed E-state index contributed by atoms with van der Waals surface area (Å²) >= 11 is 3.35. The van der Waals surface area contributed by atoms with Gasteiger partial charge in [0.2, 0.25) is 0 Å². The molecular weight excluding hydrogens is 340 g/mol. The maximum atomic E-state index is 12.5. The molecule has 0 atom stereocenters. The quantitative estimate of drug-likeness (QED) is 0.880. The van der Waals surface area contributed by atoms with Crippen molar-refractivity contribution in [2.45, 2.75) is 0 Å². The van der Waals surface area contributed by atoms with E-state index in [2.05, 4.69) is 15.9 Å². The minimum atomic E-state index is -0.843. The highest BCUT2D eigenvalue weighted by Gasteiger charge is 2.25. The van der Waals surface area contributed by atoms with Crippen molar-refractivity contribution in [3.63, 3.8) is 0 Å². The summed E-state index contributed by atoms with van der Waals surface area (Å²) < 4.78 is 6.10. The normalized spacial score (nSPS) is 15.8. The lowest BCUT2D eigenvalue weighted by Gasteiger charge is -2.34. The standard InChI is InChI=1S/C14H17BrN2O4/c1-21-12-8-10(15)2-3-11(12)14(20)17-6-4-16(5-7-17)9-13(18)19/h2-3,8H,4-7,9H2,1H3,(H,18,19). The second-order valence-corrected chi connectivity index (χ2v) is 5.72. The van der Waals surface area contributed by atoms with Crippen LogP contribution >= 0.6 is 15.9 Å². The van der Waals surface area contributed by atoms with E-state index >= 15 is 0 Å². The number of rotatable bonds is 4. The molecule has 0 aromatic heterocycles. The third-order valence-corrected chi connectivity index (χ3v) is 3.91. The zero-order chi connectivity index (χ0) is 15.4. The van der Waals surface area contributed by atoms with Crippen LogP contribution in [0.4, 0.5) is 0 Å². The van der Waals surface area contributed by atoms with Gasteiger partial charge in [0.1, 0.15) is 5.75 Å². The maximum Gasteiger partial charge on any atom is 0.317 e. The largest absolute Gasteiger partial charge is 0.496 e.